The first-order chi connectivity index (χ1) is 12.4. The lowest BCUT2D eigenvalue weighted by molar-refractivity contribution is 0.329. The molecule has 2 aromatic carbocycles. The number of hydrogen-bond acceptors (Lipinski definition) is 4. The van der Waals surface area contributed by atoms with Crippen molar-refractivity contribution in [2.75, 3.05) is 32.7 Å². The first-order valence-corrected chi connectivity index (χ1v) is 8.64. The molecule has 0 aromatic heterocycles. The summed E-state index contributed by atoms with van der Waals surface area (Å²) in [5.74, 6) is 1.80. The van der Waals surface area contributed by atoms with Gasteiger partial charge in [0.05, 0.1) is 30.8 Å². The molecule has 0 radical (unpaired) electrons. The van der Waals surface area contributed by atoms with Crippen molar-refractivity contribution in [1.82, 2.24) is 0 Å². The highest BCUT2D eigenvalue weighted by Crippen LogP contribution is 2.35. The van der Waals surface area contributed by atoms with Gasteiger partial charge >= 0.3 is 0 Å². The summed E-state index contributed by atoms with van der Waals surface area (Å²) >= 11 is 18.0. The van der Waals surface area contributed by atoms with E-state index in [9.17, 15) is 0 Å². The van der Waals surface area contributed by atoms with Gasteiger partial charge in [0.2, 0.25) is 0 Å². The number of nitrogens with one attached hydrogen (secondary N) is 1. The van der Waals surface area contributed by atoms with E-state index in [2.05, 4.69) is 10.3 Å². The first kappa shape index (κ1) is 20.3. The van der Waals surface area contributed by atoms with Gasteiger partial charge in [0.15, 0.2) is 23.2 Å². The Morgan fingerprint density at radius 1 is 1.04 bits per heavy atom. The lowest BCUT2D eigenvalue weighted by Gasteiger charge is -2.11. The van der Waals surface area contributed by atoms with Crippen LogP contribution in [0.1, 0.15) is 0 Å². The Morgan fingerprint density at radius 2 is 1.69 bits per heavy atom. The molecule has 3 N–H and O–H groups in total. The summed E-state index contributed by atoms with van der Waals surface area (Å²) in [5.41, 5.74) is 6.58. The molecule has 26 heavy (non-hydrogen) atoms. The largest absolute Gasteiger partial charge is 0.493 e. The van der Waals surface area contributed by atoms with Gasteiger partial charge in [0.1, 0.15) is 6.61 Å². The van der Waals surface area contributed by atoms with E-state index in [0.29, 0.717) is 44.5 Å². The van der Waals surface area contributed by atoms with Crippen molar-refractivity contribution >= 4 is 46.4 Å². The minimum Gasteiger partial charge on any atom is -0.493 e. The van der Waals surface area contributed by atoms with Crippen molar-refractivity contribution in [3.8, 4) is 17.2 Å². The minimum absolute atomic E-state index is 0.231. The molecule has 9 heteroatoms. The molecule has 0 saturated carbocycles. The smallest absolute Gasteiger partial charge is 0.193 e. The van der Waals surface area contributed by atoms with Crippen molar-refractivity contribution in [3.63, 3.8) is 0 Å². The maximum Gasteiger partial charge on any atom is 0.193 e. The molecule has 0 atom stereocenters. The molecule has 0 bridgehead atoms. The molecular formula is C17H18Cl3N3O3. The molecule has 0 aliphatic carbocycles. The second-order valence-electron chi connectivity index (χ2n) is 5.01. The van der Waals surface area contributed by atoms with Crippen LogP contribution in [0.3, 0.4) is 0 Å². The molecule has 0 aliphatic rings. The molecule has 0 aliphatic heterocycles. The van der Waals surface area contributed by atoms with Crippen molar-refractivity contribution in [2.45, 2.75) is 0 Å². The van der Waals surface area contributed by atoms with Gasteiger partial charge in [0.25, 0.3) is 0 Å². The first-order valence-electron chi connectivity index (χ1n) is 7.51. The number of nitrogens with two attached hydrogens (primary N) is 1. The highest BCUT2D eigenvalue weighted by atomic mass is 35.5. The third-order valence-corrected chi connectivity index (χ3v) is 4.02. The van der Waals surface area contributed by atoms with Gasteiger partial charge < -0.3 is 25.3 Å². The normalized spacial score (nSPS) is 11.2. The number of nitrogens with zero attached hydrogens (tertiary/aromatic N) is 1. The predicted molar refractivity (Wildman–Crippen MR) is 107 cm³/mol. The van der Waals surface area contributed by atoms with Gasteiger partial charge in [0, 0.05) is 16.8 Å². The van der Waals surface area contributed by atoms with Crippen LogP contribution in [0.4, 0.5) is 5.69 Å². The Kier molecular flexibility index (Phi) is 7.50. The maximum absolute atomic E-state index is 6.05. The van der Waals surface area contributed by atoms with E-state index in [4.69, 9.17) is 54.7 Å². The predicted octanol–water partition coefficient (Wildman–Crippen LogP) is 4.47. The summed E-state index contributed by atoms with van der Waals surface area (Å²) in [6.45, 7) is 0.552. The van der Waals surface area contributed by atoms with Crippen LogP contribution in [-0.4, -0.2) is 33.3 Å². The summed E-state index contributed by atoms with van der Waals surface area (Å²) in [6, 6.07) is 8.43. The number of guanidine groups is 1. The monoisotopic (exact) mass is 417 g/mol. The van der Waals surface area contributed by atoms with E-state index in [1.165, 1.54) is 0 Å². The van der Waals surface area contributed by atoms with E-state index in [1.54, 1.807) is 44.6 Å². The van der Waals surface area contributed by atoms with E-state index in [-0.39, 0.29) is 12.6 Å². The summed E-state index contributed by atoms with van der Waals surface area (Å²) in [6.07, 6.45) is 0. The van der Waals surface area contributed by atoms with Gasteiger partial charge in [-0.3, -0.25) is 0 Å². The standard InChI is InChI=1S/C17H18Cl3N3O3/c1-24-14-4-3-11(9-15(14)25-2)23-17(21)22-5-6-26-16-12(19)7-10(18)8-13(16)20/h3-4,7-9H,5-6H2,1-2H3,(H3,21,22,23). The lowest BCUT2D eigenvalue weighted by Crippen LogP contribution is -2.23. The van der Waals surface area contributed by atoms with Gasteiger partial charge in [-0.05, 0) is 24.3 Å². The highest BCUT2D eigenvalue weighted by Gasteiger charge is 2.09. The molecule has 6 nitrogen and oxygen atoms in total. The summed E-state index contributed by atoms with van der Waals surface area (Å²) < 4.78 is 16.0. The van der Waals surface area contributed by atoms with E-state index >= 15 is 0 Å². The van der Waals surface area contributed by atoms with Crippen LogP contribution >= 0.6 is 34.8 Å². The number of benzene rings is 2. The second-order valence-corrected chi connectivity index (χ2v) is 6.26. The molecule has 2 rings (SSSR count). The fraction of sp³-hybridized carbons (Fsp3) is 0.235. The second kappa shape index (κ2) is 9.62. The lowest BCUT2D eigenvalue weighted by atomic mass is 10.3. The van der Waals surface area contributed by atoms with Gasteiger partial charge in [-0.15, -0.1) is 0 Å². The number of ether oxygens (including phenoxy) is 3. The van der Waals surface area contributed by atoms with Crippen LogP contribution in [0.25, 0.3) is 0 Å². The third kappa shape index (κ3) is 5.49. The van der Waals surface area contributed by atoms with Crippen LogP contribution < -0.4 is 25.3 Å². The molecule has 0 saturated heterocycles. The highest BCUT2D eigenvalue weighted by molar-refractivity contribution is 6.40. The SMILES string of the molecule is COc1ccc(NC(N)=NCCOc2c(Cl)cc(Cl)cc2Cl)cc1OC. The maximum atomic E-state index is 6.05. The zero-order valence-electron chi connectivity index (χ0n) is 14.2. The number of anilines is 1. The van der Waals surface area contributed by atoms with Crippen molar-refractivity contribution in [3.05, 3.63) is 45.4 Å². The van der Waals surface area contributed by atoms with Gasteiger partial charge in [-0.25, -0.2) is 4.99 Å². The van der Waals surface area contributed by atoms with Crippen molar-refractivity contribution in [2.24, 2.45) is 10.7 Å². The number of aliphatic imine (C=N–C) groups is 1. The molecule has 0 unspecified atom stereocenters. The van der Waals surface area contributed by atoms with Crippen LogP contribution in [0.5, 0.6) is 17.2 Å². The number of halogens is 3. The number of hydrogen-bond donors (Lipinski definition) is 2. The van der Waals surface area contributed by atoms with E-state index in [1.807, 2.05) is 0 Å². The molecular weight excluding hydrogens is 401 g/mol. The Hall–Kier alpha value is -2.02. The molecule has 0 heterocycles. The summed E-state index contributed by atoms with van der Waals surface area (Å²) in [7, 11) is 3.13. The topological polar surface area (TPSA) is 78.1 Å². The Balaban J connectivity index is 1.91. The number of rotatable bonds is 7. The van der Waals surface area contributed by atoms with E-state index < -0.39 is 0 Å². The zero-order chi connectivity index (χ0) is 19.1. The van der Waals surface area contributed by atoms with Crippen LogP contribution in [0, 0.1) is 0 Å². The van der Waals surface area contributed by atoms with Crippen LogP contribution in [0.15, 0.2) is 35.3 Å². The summed E-state index contributed by atoms with van der Waals surface area (Å²) in [5, 5.41) is 4.07. The average molecular weight is 419 g/mol. The van der Waals surface area contributed by atoms with E-state index in [0.717, 1.165) is 0 Å². The Labute approximate surface area is 166 Å². The Bertz CT molecular complexity index is 777. The molecule has 0 amide bonds. The van der Waals surface area contributed by atoms with Crippen LogP contribution in [-0.2, 0) is 0 Å². The fourth-order valence-corrected chi connectivity index (χ4v) is 3.01. The van der Waals surface area contributed by atoms with Gasteiger partial charge in [-0.2, -0.15) is 0 Å². The minimum atomic E-state index is 0.231. The Morgan fingerprint density at radius 3 is 2.31 bits per heavy atom. The van der Waals surface area contributed by atoms with Crippen molar-refractivity contribution in [1.29, 1.82) is 0 Å². The molecule has 0 fully saturated rings. The third-order valence-electron chi connectivity index (χ3n) is 3.24. The molecule has 0 spiro atoms. The summed E-state index contributed by atoms with van der Waals surface area (Å²) in [4.78, 5) is 4.18. The zero-order valence-corrected chi connectivity index (χ0v) is 16.5. The molecule has 140 valence electrons. The fourth-order valence-electron chi connectivity index (χ4n) is 2.08. The average Bonchev–Trinajstić information content (AvgIpc) is 2.60. The van der Waals surface area contributed by atoms with Crippen molar-refractivity contribution < 1.29 is 14.2 Å². The van der Waals surface area contributed by atoms with Gasteiger partial charge in [-0.1, -0.05) is 34.8 Å². The number of methoxy groups -OCH3 is 2. The quantitative estimate of drug-likeness (QED) is 0.394. The molecule has 2 aromatic rings. The van der Waals surface area contributed by atoms with Crippen LogP contribution in [0.2, 0.25) is 15.1 Å².